The summed E-state index contributed by atoms with van der Waals surface area (Å²) in [6, 6.07) is 4.10. The fourth-order valence-corrected chi connectivity index (χ4v) is 6.77. The number of sulfone groups is 1. The van der Waals surface area contributed by atoms with Crippen LogP contribution in [0.1, 0.15) is 68.9 Å². The third-order valence-electron chi connectivity index (χ3n) is 7.33. The molecule has 1 fully saturated rings. The highest BCUT2D eigenvalue weighted by Gasteiger charge is 2.38. The SMILES string of the molecule is CCn1nc(C(=O)NCC2(O)CCC(S(C)(=O)=O)CC2)c(Cl)c1-c1ccc(CC(C)(C)CC(F)(F)F)cc1OC(F)F. The van der Waals surface area contributed by atoms with Gasteiger partial charge in [0.2, 0.25) is 0 Å². The number of aryl methyl sites for hydroxylation is 1. The van der Waals surface area contributed by atoms with Crippen molar-refractivity contribution < 1.29 is 45.0 Å². The number of hydrogen-bond donors (Lipinski definition) is 2. The van der Waals surface area contributed by atoms with Crippen LogP contribution in [0.2, 0.25) is 5.02 Å². The minimum atomic E-state index is -4.41. The van der Waals surface area contributed by atoms with Crippen LogP contribution < -0.4 is 10.1 Å². The van der Waals surface area contributed by atoms with Gasteiger partial charge in [-0.15, -0.1) is 0 Å². The molecule has 0 radical (unpaired) electrons. The molecule has 1 aliphatic carbocycles. The van der Waals surface area contributed by atoms with Gasteiger partial charge >= 0.3 is 12.8 Å². The van der Waals surface area contributed by atoms with Crippen molar-refractivity contribution in [1.29, 1.82) is 0 Å². The Bertz CT molecular complexity index is 1390. The Morgan fingerprint density at radius 3 is 2.40 bits per heavy atom. The lowest BCUT2D eigenvalue weighted by molar-refractivity contribution is -0.154. The summed E-state index contributed by atoms with van der Waals surface area (Å²) < 4.78 is 95.4. The molecule has 0 atom stereocenters. The number of rotatable bonds is 11. The van der Waals surface area contributed by atoms with Crippen LogP contribution in [0, 0.1) is 5.41 Å². The summed E-state index contributed by atoms with van der Waals surface area (Å²) in [4.78, 5) is 13.1. The average Bonchev–Trinajstić information content (AvgIpc) is 3.16. The van der Waals surface area contributed by atoms with Crippen LogP contribution in [0.25, 0.3) is 11.3 Å². The van der Waals surface area contributed by atoms with Crippen LogP contribution in [0.3, 0.4) is 0 Å². The van der Waals surface area contributed by atoms with Gasteiger partial charge in [0, 0.05) is 31.3 Å². The number of alkyl halides is 5. The Hall–Kier alpha value is -2.45. The van der Waals surface area contributed by atoms with Gasteiger partial charge in [0.15, 0.2) is 5.69 Å². The molecule has 1 aliphatic rings. The summed E-state index contributed by atoms with van der Waals surface area (Å²) in [5, 5.41) is 16.9. The second-order valence-corrected chi connectivity index (χ2v) is 14.3. The molecule has 1 aromatic carbocycles. The van der Waals surface area contributed by atoms with Crippen LogP contribution in [0.15, 0.2) is 18.2 Å². The number of ether oxygens (including phenoxy) is 1. The van der Waals surface area contributed by atoms with Crippen molar-refractivity contribution in [3.8, 4) is 17.0 Å². The Morgan fingerprint density at radius 2 is 1.88 bits per heavy atom. The van der Waals surface area contributed by atoms with E-state index in [1.165, 1.54) is 36.7 Å². The van der Waals surface area contributed by atoms with Crippen LogP contribution in [-0.2, 0) is 22.8 Å². The molecule has 0 aliphatic heterocycles. The van der Waals surface area contributed by atoms with E-state index in [0.717, 1.165) is 6.26 Å². The molecule has 236 valence electrons. The lowest BCUT2D eigenvalue weighted by atomic mass is 9.82. The van der Waals surface area contributed by atoms with Crippen molar-refractivity contribution >= 4 is 27.3 Å². The highest BCUT2D eigenvalue weighted by atomic mass is 35.5. The van der Waals surface area contributed by atoms with E-state index in [1.54, 1.807) is 6.92 Å². The van der Waals surface area contributed by atoms with E-state index < -0.39 is 51.2 Å². The molecule has 8 nitrogen and oxygen atoms in total. The van der Waals surface area contributed by atoms with Crippen LogP contribution in [-0.4, -0.2) is 65.7 Å². The number of benzene rings is 1. The van der Waals surface area contributed by atoms with Gasteiger partial charge in [-0.05, 0) is 62.1 Å². The van der Waals surface area contributed by atoms with Crippen LogP contribution >= 0.6 is 11.6 Å². The number of aromatic nitrogens is 2. The van der Waals surface area contributed by atoms with E-state index in [9.17, 15) is 40.3 Å². The molecule has 0 bridgehead atoms. The van der Waals surface area contributed by atoms with Gasteiger partial charge in [-0.1, -0.05) is 31.5 Å². The molecule has 0 spiro atoms. The van der Waals surface area contributed by atoms with Crippen LogP contribution in [0.5, 0.6) is 5.75 Å². The van der Waals surface area contributed by atoms with Crippen molar-refractivity contribution in [1.82, 2.24) is 15.1 Å². The molecular weight excluding hydrogens is 609 g/mol. The van der Waals surface area contributed by atoms with Gasteiger partial charge in [0.25, 0.3) is 5.91 Å². The molecule has 3 rings (SSSR count). The molecule has 1 amide bonds. The minimum absolute atomic E-state index is 0.0591. The molecule has 1 aromatic heterocycles. The maximum absolute atomic E-state index is 13.4. The highest BCUT2D eigenvalue weighted by Crippen LogP contribution is 2.41. The molecule has 0 unspecified atom stereocenters. The zero-order valence-corrected chi connectivity index (χ0v) is 25.3. The number of carbonyl (C=O) groups is 1. The third kappa shape index (κ3) is 8.79. The second kappa shape index (κ2) is 12.7. The van der Waals surface area contributed by atoms with Gasteiger partial charge in [-0.3, -0.25) is 9.48 Å². The summed E-state index contributed by atoms with van der Waals surface area (Å²) in [5.74, 6) is -1.08. The predicted molar refractivity (Wildman–Crippen MR) is 148 cm³/mol. The van der Waals surface area contributed by atoms with E-state index in [0.29, 0.717) is 5.56 Å². The predicted octanol–water partition coefficient (Wildman–Crippen LogP) is 5.79. The topological polar surface area (TPSA) is 111 Å². The number of hydrogen-bond acceptors (Lipinski definition) is 6. The lowest BCUT2D eigenvalue weighted by Crippen LogP contribution is -2.47. The first kappa shape index (κ1) is 34.0. The second-order valence-electron chi connectivity index (χ2n) is 11.6. The van der Waals surface area contributed by atoms with Crippen molar-refractivity contribution in [3.05, 3.63) is 34.5 Å². The number of nitrogens with zero attached hydrogens (tertiary/aromatic N) is 2. The molecular formula is C27H35ClF5N3O5S. The number of nitrogens with one attached hydrogen (secondary N) is 1. The smallest absolute Gasteiger partial charge is 0.389 e. The summed E-state index contributed by atoms with van der Waals surface area (Å²) >= 11 is 6.55. The van der Waals surface area contributed by atoms with Gasteiger partial charge in [-0.25, -0.2) is 8.42 Å². The fourth-order valence-electron chi connectivity index (χ4n) is 5.36. The highest BCUT2D eigenvalue weighted by molar-refractivity contribution is 7.91. The standard InChI is InChI=1S/C27H35ClF5N3O5S/c1-5-36-22(18-7-6-16(12-19(18)41-24(29)30)13-25(2,3)14-27(31,32)33)20(28)21(35-36)23(37)34-15-26(38)10-8-17(9-11-26)42(4,39)40/h6-7,12,17,24,38H,5,8-11,13-15H2,1-4H3,(H,34,37). The zero-order chi connectivity index (χ0) is 31.7. The Labute approximate surface area is 246 Å². The maximum atomic E-state index is 13.4. The normalized spacial score (nSPS) is 20.1. The molecule has 42 heavy (non-hydrogen) atoms. The number of halogens is 6. The zero-order valence-electron chi connectivity index (χ0n) is 23.7. The van der Waals surface area contributed by atoms with Crippen molar-refractivity contribution in [3.63, 3.8) is 0 Å². The fraction of sp³-hybridized carbons (Fsp3) is 0.630. The van der Waals surface area contributed by atoms with Gasteiger partial charge in [0.1, 0.15) is 15.6 Å². The molecule has 1 heterocycles. The van der Waals surface area contributed by atoms with Gasteiger partial charge < -0.3 is 15.2 Å². The quantitative estimate of drug-likeness (QED) is 0.300. The molecule has 0 saturated heterocycles. The molecule has 2 N–H and O–H groups in total. The van der Waals surface area contributed by atoms with E-state index >= 15 is 0 Å². The van der Waals surface area contributed by atoms with Crippen molar-refractivity contribution in [2.75, 3.05) is 12.8 Å². The minimum Gasteiger partial charge on any atom is -0.434 e. The number of aliphatic hydroxyl groups is 1. The molecule has 2 aromatic rings. The summed E-state index contributed by atoms with van der Waals surface area (Å²) in [7, 11) is -3.25. The Balaban J connectivity index is 1.87. The molecule has 15 heteroatoms. The number of carbonyl (C=O) groups excluding carboxylic acids is 1. The van der Waals surface area contributed by atoms with E-state index in [1.807, 2.05) is 0 Å². The Kier molecular flexibility index (Phi) is 10.3. The van der Waals surface area contributed by atoms with E-state index in [4.69, 9.17) is 16.3 Å². The van der Waals surface area contributed by atoms with Gasteiger partial charge in [-0.2, -0.15) is 27.1 Å². The third-order valence-corrected chi connectivity index (χ3v) is 9.38. The first-order chi connectivity index (χ1) is 19.2. The first-order valence-corrected chi connectivity index (χ1v) is 15.7. The largest absolute Gasteiger partial charge is 0.434 e. The summed E-state index contributed by atoms with van der Waals surface area (Å²) in [5.41, 5.74) is -2.30. The van der Waals surface area contributed by atoms with Crippen molar-refractivity contribution in [2.45, 2.75) is 89.5 Å². The maximum Gasteiger partial charge on any atom is 0.389 e. The van der Waals surface area contributed by atoms with Crippen molar-refractivity contribution in [2.24, 2.45) is 5.41 Å². The monoisotopic (exact) mass is 643 g/mol. The van der Waals surface area contributed by atoms with E-state index in [2.05, 4.69) is 10.4 Å². The average molecular weight is 644 g/mol. The van der Waals surface area contributed by atoms with Gasteiger partial charge in [0.05, 0.1) is 21.6 Å². The summed E-state index contributed by atoms with van der Waals surface area (Å²) in [6.45, 7) is 1.26. The Morgan fingerprint density at radius 1 is 1.26 bits per heavy atom. The number of amides is 1. The molecule has 1 saturated carbocycles. The lowest BCUT2D eigenvalue weighted by Gasteiger charge is -2.35. The van der Waals surface area contributed by atoms with Crippen LogP contribution in [0.4, 0.5) is 22.0 Å². The summed E-state index contributed by atoms with van der Waals surface area (Å²) in [6.07, 6.45) is -3.60. The first-order valence-electron chi connectivity index (χ1n) is 13.3. The van der Waals surface area contributed by atoms with E-state index in [-0.39, 0.29) is 72.9 Å².